The minimum absolute atomic E-state index is 0.109. The molecule has 3 nitrogen and oxygen atoms in total. The van der Waals surface area contributed by atoms with Crippen LogP contribution in [0, 0.1) is 0 Å². The van der Waals surface area contributed by atoms with Crippen LogP contribution in [0.25, 0.3) is 0 Å². The topological polar surface area (TPSA) is 46.5 Å². The van der Waals surface area contributed by atoms with Gasteiger partial charge >= 0.3 is 5.97 Å². The number of esters is 1. The van der Waals surface area contributed by atoms with Crippen LogP contribution in [0.2, 0.25) is 0 Å². The first-order valence-electron chi connectivity index (χ1n) is 7.78. The third kappa shape index (κ3) is 3.70. The van der Waals surface area contributed by atoms with E-state index < -0.39 is 12.1 Å². The van der Waals surface area contributed by atoms with Crippen molar-refractivity contribution in [2.75, 3.05) is 0 Å². The van der Waals surface area contributed by atoms with Crippen molar-refractivity contribution in [3.05, 3.63) is 107 Å². The molecule has 0 saturated carbocycles. The second kappa shape index (κ2) is 7.57. The van der Waals surface area contributed by atoms with Gasteiger partial charge in [0, 0.05) is 0 Å². The van der Waals surface area contributed by atoms with Crippen LogP contribution in [0.1, 0.15) is 33.2 Å². The quantitative estimate of drug-likeness (QED) is 0.720. The van der Waals surface area contributed by atoms with Gasteiger partial charge in [-0.2, -0.15) is 0 Å². The fraction of sp³-hybridized carbons (Fsp3) is 0.0952. The minimum Gasteiger partial charge on any atom is -0.449 e. The Morgan fingerprint density at radius 2 is 1.42 bits per heavy atom. The number of hydrogen-bond donors (Lipinski definition) is 1. The second-order valence-electron chi connectivity index (χ2n) is 5.47. The first kappa shape index (κ1) is 16.0. The van der Waals surface area contributed by atoms with Crippen LogP contribution in [0.15, 0.2) is 84.9 Å². The molecule has 0 amide bonds. The van der Waals surface area contributed by atoms with Crippen molar-refractivity contribution in [3.63, 3.8) is 0 Å². The number of hydrogen-bond acceptors (Lipinski definition) is 3. The van der Waals surface area contributed by atoms with Gasteiger partial charge in [-0.25, -0.2) is 4.79 Å². The van der Waals surface area contributed by atoms with Crippen molar-refractivity contribution in [2.45, 2.75) is 12.7 Å². The zero-order valence-electron chi connectivity index (χ0n) is 13.1. The SMILES string of the molecule is O=C(OC(c1ccccc1)c1ccccc1)c1cccc(CO)c1. The first-order valence-corrected chi connectivity index (χ1v) is 7.78. The Balaban J connectivity index is 1.91. The summed E-state index contributed by atoms with van der Waals surface area (Å²) in [5.41, 5.74) is 2.93. The molecule has 0 spiro atoms. The maximum Gasteiger partial charge on any atom is 0.339 e. The molecule has 3 aromatic rings. The molecule has 24 heavy (non-hydrogen) atoms. The third-order valence-electron chi connectivity index (χ3n) is 3.77. The van der Waals surface area contributed by atoms with Gasteiger partial charge in [0.25, 0.3) is 0 Å². The number of aliphatic hydroxyl groups excluding tert-OH is 1. The van der Waals surface area contributed by atoms with E-state index in [1.54, 1.807) is 24.3 Å². The summed E-state index contributed by atoms with van der Waals surface area (Å²) in [4.78, 5) is 12.6. The summed E-state index contributed by atoms with van der Waals surface area (Å²) in [5.74, 6) is -0.414. The fourth-order valence-corrected chi connectivity index (χ4v) is 2.56. The van der Waals surface area contributed by atoms with Crippen LogP contribution in [-0.2, 0) is 11.3 Å². The van der Waals surface area contributed by atoms with Gasteiger partial charge < -0.3 is 9.84 Å². The van der Waals surface area contributed by atoms with Gasteiger partial charge in [0.15, 0.2) is 6.10 Å². The van der Waals surface area contributed by atoms with E-state index >= 15 is 0 Å². The van der Waals surface area contributed by atoms with Crippen molar-refractivity contribution in [2.24, 2.45) is 0 Å². The van der Waals surface area contributed by atoms with E-state index in [1.165, 1.54) is 0 Å². The van der Waals surface area contributed by atoms with Crippen molar-refractivity contribution < 1.29 is 14.6 Å². The molecule has 0 atom stereocenters. The molecule has 0 aliphatic heterocycles. The van der Waals surface area contributed by atoms with E-state index in [4.69, 9.17) is 4.74 Å². The lowest BCUT2D eigenvalue weighted by molar-refractivity contribution is 0.0378. The lowest BCUT2D eigenvalue weighted by atomic mass is 10.0. The largest absolute Gasteiger partial charge is 0.449 e. The molecule has 3 rings (SSSR count). The number of rotatable bonds is 5. The average Bonchev–Trinajstić information content (AvgIpc) is 2.67. The molecule has 0 aliphatic carbocycles. The summed E-state index contributed by atoms with van der Waals surface area (Å²) in [6.07, 6.45) is -0.474. The molecule has 0 fully saturated rings. The summed E-state index contributed by atoms with van der Waals surface area (Å²) in [6.45, 7) is -0.109. The highest BCUT2D eigenvalue weighted by Gasteiger charge is 2.20. The fourth-order valence-electron chi connectivity index (χ4n) is 2.56. The Morgan fingerprint density at radius 3 is 1.96 bits per heavy atom. The molecule has 3 aromatic carbocycles. The molecular formula is C21H18O3. The lowest BCUT2D eigenvalue weighted by Gasteiger charge is -2.19. The van der Waals surface area contributed by atoms with Crippen LogP contribution < -0.4 is 0 Å². The van der Waals surface area contributed by atoms with E-state index in [1.807, 2.05) is 60.7 Å². The van der Waals surface area contributed by atoms with Crippen LogP contribution >= 0.6 is 0 Å². The molecule has 0 radical (unpaired) electrons. The molecule has 1 N–H and O–H groups in total. The molecule has 3 heteroatoms. The lowest BCUT2D eigenvalue weighted by Crippen LogP contribution is -2.13. The summed E-state index contributed by atoms with van der Waals surface area (Å²) >= 11 is 0. The van der Waals surface area contributed by atoms with Gasteiger partial charge in [-0.3, -0.25) is 0 Å². The third-order valence-corrected chi connectivity index (χ3v) is 3.77. The number of aliphatic hydroxyl groups is 1. The summed E-state index contributed by atoms with van der Waals surface area (Å²) in [7, 11) is 0. The van der Waals surface area contributed by atoms with Gasteiger partial charge in [0.1, 0.15) is 0 Å². The molecular weight excluding hydrogens is 300 g/mol. The Hall–Kier alpha value is -2.91. The van der Waals surface area contributed by atoms with Crippen LogP contribution in [-0.4, -0.2) is 11.1 Å². The molecule has 0 saturated heterocycles. The zero-order chi connectivity index (χ0) is 16.8. The number of carbonyl (C=O) groups is 1. The first-order chi connectivity index (χ1) is 11.8. The number of carbonyl (C=O) groups excluding carboxylic acids is 1. The predicted molar refractivity (Wildman–Crippen MR) is 92.5 cm³/mol. The van der Waals surface area contributed by atoms with E-state index in [2.05, 4.69) is 0 Å². The Bertz CT molecular complexity index is 758. The maximum atomic E-state index is 12.6. The monoisotopic (exact) mass is 318 g/mol. The van der Waals surface area contributed by atoms with E-state index in [-0.39, 0.29) is 6.61 Å². The number of benzene rings is 3. The van der Waals surface area contributed by atoms with Crippen LogP contribution in [0.4, 0.5) is 0 Å². The molecule has 120 valence electrons. The summed E-state index contributed by atoms with van der Waals surface area (Å²) in [5, 5.41) is 9.23. The predicted octanol–water partition coefficient (Wildman–Crippen LogP) is 4.13. The summed E-state index contributed by atoms with van der Waals surface area (Å²) < 4.78 is 5.79. The minimum atomic E-state index is -0.474. The van der Waals surface area contributed by atoms with Crippen molar-refractivity contribution in [1.82, 2.24) is 0 Å². The van der Waals surface area contributed by atoms with Gasteiger partial charge in [-0.05, 0) is 28.8 Å². The van der Waals surface area contributed by atoms with Crippen molar-refractivity contribution in [1.29, 1.82) is 0 Å². The molecule has 0 heterocycles. The van der Waals surface area contributed by atoms with Gasteiger partial charge in [0.2, 0.25) is 0 Å². The number of ether oxygens (including phenoxy) is 1. The highest BCUT2D eigenvalue weighted by atomic mass is 16.5. The van der Waals surface area contributed by atoms with E-state index in [9.17, 15) is 9.90 Å². The van der Waals surface area contributed by atoms with Gasteiger partial charge in [-0.1, -0.05) is 72.8 Å². The van der Waals surface area contributed by atoms with Crippen LogP contribution in [0.3, 0.4) is 0 Å². The zero-order valence-corrected chi connectivity index (χ0v) is 13.1. The highest BCUT2D eigenvalue weighted by molar-refractivity contribution is 5.89. The van der Waals surface area contributed by atoms with Crippen molar-refractivity contribution >= 4 is 5.97 Å². The van der Waals surface area contributed by atoms with Crippen LogP contribution in [0.5, 0.6) is 0 Å². The molecule has 0 bridgehead atoms. The molecule has 0 aliphatic rings. The standard InChI is InChI=1S/C21H18O3/c22-15-16-8-7-13-19(14-16)21(23)24-20(17-9-3-1-4-10-17)18-11-5-2-6-12-18/h1-14,20,22H,15H2. The maximum absolute atomic E-state index is 12.6. The van der Waals surface area contributed by atoms with E-state index in [0.29, 0.717) is 11.1 Å². The average molecular weight is 318 g/mol. The van der Waals surface area contributed by atoms with E-state index in [0.717, 1.165) is 11.1 Å². The molecule has 0 unspecified atom stereocenters. The summed E-state index contributed by atoms with van der Waals surface area (Å²) in [6, 6.07) is 26.1. The molecule has 0 aromatic heterocycles. The Kier molecular flexibility index (Phi) is 5.04. The van der Waals surface area contributed by atoms with Gasteiger partial charge in [0.05, 0.1) is 12.2 Å². The smallest absolute Gasteiger partial charge is 0.339 e. The van der Waals surface area contributed by atoms with Crippen molar-refractivity contribution in [3.8, 4) is 0 Å². The Labute approximate surface area is 141 Å². The normalized spacial score (nSPS) is 10.6. The highest BCUT2D eigenvalue weighted by Crippen LogP contribution is 2.27. The second-order valence-corrected chi connectivity index (χ2v) is 5.47. The van der Waals surface area contributed by atoms with Gasteiger partial charge in [-0.15, -0.1) is 0 Å². The Morgan fingerprint density at radius 1 is 0.833 bits per heavy atom.